The quantitative estimate of drug-likeness (QED) is 0.808. The molecule has 2 heterocycles. The molecule has 6 nitrogen and oxygen atoms in total. The predicted molar refractivity (Wildman–Crippen MR) is 95.1 cm³/mol. The lowest BCUT2D eigenvalue weighted by atomic mass is 10.1. The summed E-state index contributed by atoms with van der Waals surface area (Å²) < 4.78 is 8.20. The minimum absolute atomic E-state index is 0.271. The van der Waals surface area contributed by atoms with E-state index in [4.69, 9.17) is 4.74 Å². The molecule has 0 unspecified atom stereocenters. The van der Waals surface area contributed by atoms with E-state index >= 15 is 0 Å². The molecule has 2 fully saturated rings. The van der Waals surface area contributed by atoms with E-state index < -0.39 is 0 Å². The molecule has 1 aromatic carbocycles. The molecule has 1 aliphatic heterocycles. The van der Waals surface area contributed by atoms with Crippen molar-refractivity contribution < 1.29 is 4.74 Å². The summed E-state index contributed by atoms with van der Waals surface area (Å²) in [7, 11) is 0. The minimum Gasteiger partial charge on any atom is -0.373 e. The SMILES string of the molecule is Cc1ccccc1COC1CCN([C@H](C)c2nnnn2C2CC2)CC1. The topological polar surface area (TPSA) is 56.1 Å². The van der Waals surface area contributed by atoms with Crippen LogP contribution in [0, 0.1) is 6.92 Å². The highest BCUT2D eigenvalue weighted by atomic mass is 16.5. The third-order valence-electron chi connectivity index (χ3n) is 5.54. The van der Waals surface area contributed by atoms with Crippen molar-refractivity contribution in [2.24, 2.45) is 0 Å². The first-order valence-corrected chi connectivity index (χ1v) is 9.40. The molecular formula is C19H27N5O. The summed E-state index contributed by atoms with van der Waals surface area (Å²) in [5, 5.41) is 12.4. The molecule has 0 spiro atoms. The average molecular weight is 341 g/mol. The van der Waals surface area contributed by atoms with Gasteiger partial charge >= 0.3 is 0 Å². The van der Waals surface area contributed by atoms with Gasteiger partial charge in [0.1, 0.15) is 0 Å². The van der Waals surface area contributed by atoms with Crippen LogP contribution >= 0.6 is 0 Å². The molecule has 1 aromatic heterocycles. The number of rotatable bonds is 6. The number of aromatic nitrogens is 4. The first-order chi connectivity index (χ1) is 12.2. The predicted octanol–water partition coefficient (Wildman–Crippen LogP) is 3.06. The second kappa shape index (κ2) is 7.22. The Morgan fingerprint density at radius 3 is 2.64 bits per heavy atom. The van der Waals surface area contributed by atoms with Crippen LogP contribution in [-0.4, -0.2) is 44.3 Å². The molecule has 2 aromatic rings. The monoisotopic (exact) mass is 341 g/mol. The van der Waals surface area contributed by atoms with E-state index in [0.29, 0.717) is 18.8 Å². The van der Waals surface area contributed by atoms with Gasteiger partial charge in [-0.05, 0) is 61.1 Å². The molecule has 0 N–H and O–H groups in total. The normalized spacial score (nSPS) is 20.7. The molecule has 6 heteroatoms. The molecule has 4 rings (SSSR count). The van der Waals surface area contributed by atoms with E-state index in [-0.39, 0.29) is 6.04 Å². The fourth-order valence-corrected chi connectivity index (χ4v) is 3.63. The minimum atomic E-state index is 0.271. The van der Waals surface area contributed by atoms with Crippen LogP contribution in [0.3, 0.4) is 0 Å². The Bertz CT molecular complexity index is 703. The third-order valence-corrected chi connectivity index (χ3v) is 5.54. The number of tetrazole rings is 1. The fraction of sp³-hybridized carbons (Fsp3) is 0.632. The summed E-state index contributed by atoms with van der Waals surface area (Å²) in [6.07, 6.45) is 4.91. The van der Waals surface area contributed by atoms with Crippen molar-refractivity contribution in [1.29, 1.82) is 0 Å². The highest BCUT2D eigenvalue weighted by Gasteiger charge is 2.32. The van der Waals surface area contributed by atoms with Crippen molar-refractivity contribution in [3.8, 4) is 0 Å². The summed E-state index contributed by atoms with van der Waals surface area (Å²) >= 11 is 0. The first-order valence-electron chi connectivity index (χ1n) is 9.40. The van der Waals surface area contributed by atoms with Gasteiger partial charge < -0.3 is 4.74 Å². The van der Waals surface area contributed by atoms with Gasteiger partial charge in [-0.1, -0.05) is 24.3 Å². The van der Waals surface area contributed by atoms with Crippen LogP contribution in [0.2, 0.25) is 0 Å². The molecule has 134 valence electrons. The van der Waals surface area contributed by atoms with E-state index in [0.717, 1.165) is 31.8 Å². The van der Waals surface area contributed by atoms with Crippen molar-refractivity contribution in [1.82, 2.24) is 25.1 Å². The average Bonchev–Trinajstić information content (AvgIpc) is 3.37. The molecule has 1 atom stereocenters. The van der Waals surface area contributed by atoms with E-state index in [1.165, 1.54) is 24.0 Å². The molecule has 0 radical (unpaired) electrons. The van der Waals surface area contributed by atoms with E-state index in [9.17, 15) is 0 Å². The van der Waals surface area contributed by atoms with Crippen LogP contribution in [0.1, 0.15) is 61.6 Å². The number of nitrogens with zero attached hydrogens (tertiary/aromatic N) is 5. The van der Waals surface area contributed by atoms with E-state index in [2.05, 4.69) is 58.5 Å². The highest BCUT2D eigenvalue weighted by molar-refractivity contribution is 5.24. The Morgan fingerprint density at radius 1 is 1.16 bits per heavy atom. The Balaban J connectivity index is 1.29. The maximum atomic E-state index is 6.17. The lowest BCUT2D eigenvalue weighted by molar-refractivity contribution is -0.0110. The molecule has 1 saturated carbocycles. The number of hydrogen-bond acceptors (Lipinski definition) is 5. The largest absolute Gasteiger partial charge is 0.373 e. The van der Waals surface area contributed by atoms with Gasteiger partial charge in [-0.25, -0.2) is 4.68 Å². The Morgan fingerprint density at radius 2 is 1.92 bits per heavy atom. The molecule has 1 saturated heterocycles. The zero-order valence-corrected chi connectivity index (χ0v) is 15.1. The van der Waals surface area contributed by atoms with Crippen LogP contribution in [0.25, 0.3) is 0 Å². The number of aryl methyl sites for hydroxylation is 1. The van der Waals surface area contributed by atoms with Crippen molar-refractivity contribution in [3.63, 3.8) is 0 Å². The van der Waals surface area contributed by atoms with E-state index in [1.807, 2.05) is 4.68 Å². The van der Waals surface area contributed by atoms with Crippen LogP contribution in [0.15, 0.2) is 24.3 Å². The number of likely N-dealkylation sites (tertiary alicyclic amines) is 1. The fourth-order valence-electron chi connectivity index (χ4n) is 3.63. The Hall–Kier alpha value is -1.79. The molecule has 1 aliphatic carbocycles. The molecule has 0 bridgehead atoms. The van der Waals surface area contributed by atoms with Crippen LogP contribution in [-0.2, 0) is 11.3 Å². The van der Waals surface area contributed by atoms with E-state index in [1.54, 1.807) is 0 Å². The van der Waals surface area contributed by atoms with Gasteiger partial charge in [0.2, 0.25) is 0 Å². The summed E-state index contributed by atoms with van der Waals surface area (Å²) in [4.78, 5) is 2.48. The second-order valence-electron chi connectivity index (χ2n) is 7.36. The van der Waals surface area contributed by atoms with Crippen LogP contribution in [0.4, 0.5) is 0 Å². The first kappa shape index (κ1) is 16.7. The number of hydrogen-bond donors (Lipinski definition) is 0. The number of ether oxygens (including phenoxy) is 1. The molecule has 25 heavy (non-hydrogen) atoms. The summed E-state index contributed by atoms with van der Waals surface area (Å²) in [6, 6.07) is 9.26. The lowest BCUT2D eigenvalue weighted by Crippen LogP contribution is -2.39. The van der Waals surface area contributed by atoms with Gasteiger partial charge in [-0.3, -0.25) is 4.90 Å². The van der Waals surface area contributed by atoms with Gasteiger partial charge in [-0.2, -0.15) is 0 Å². The summed E-state index contributed by atoms with van der Waals surface area (Å²) in [5.41, 5.74) is 2.60. The summed E-state index contributed by atoms with van der Waals surface area (Å²) in [6.45, 7) is 7.16. The molecular weight excluding hydrogens is 314 g/mol. The van der Waals surface area contributed by atoms with Crippen molar-refractivity contribution in [2.75, 3.05) is 13.1 Å². The third kappa shape index (κ3) is 3.75. The zero-order chi connectivity index (χ0) is 17.2. The zero-order valence-electron chi connectivity index (χ0n) is 15.1. The van der Waals surface area contributed by atoms with Gasteiger partial charge in [0.15, 0.2) is 5.82 Å². The maximum Gasteiger partial charge on any atom is 0.168 e. The van der Waals surface area contributed by atoms with Crippen molar-refractivity contribution in [2.45, 2.75) is 64.3 Å². The summed E-state index contributed by atoms with van der Waals surface area (Å²) in [5.74, 6) is 1.02. The standard InChI is InChI=1S/C19H27N5O/c1-14-5-3-4-6-16(14)13-25-18-9-11-23(12-10-18)15(2)19-20-21-22-24(19)17-7-8-17/h3-6,15,17-18H,7-13H2,1-2H3/t15-/m1/s1. The molecule has 0 amide bonds. The molecule has 2 aliphatic rings. The Kier molecular flexibility index (Phi) is 4.81. The second-order valence-corrected chi connectivity index (χ2v) is 7.36. The maximum absolute atomic E-state index is 6.17. The van der Waals surface area contributed by atoms with Crippen molar-refractivity contribution in [3.05, 3.63) is 41.2 Å². The van der Waals surface area contributed by atoms with Crippen LogP contribution in [0.5, 0.6) is 0 Å². The van der Waals surface area contributed by atoms with Gasteiger partial charge in [0.25, 0.3) is 0 Å². The van der Waals surface area contributed by atoms with Gasteiger partial charge in [-0.15, -0.1) is 5.10 Å². The Labute approximate surface area is 149 Å². The van der Waals surface area contributed by atoms with Gasteiger partial charge in [0.05, 0.1) is 24.8 Å². The smallest absolute Gasteiger partial charge is 0.168 e. The highest BCUT2D eigenvalue weighted by Crippen LogP contribution is 2.36. The van der Waals surface area contributed by atoms with Crippen molar-refractivity contribution >= 4 is 0 Å². The number of piperidine rings is 1. The number of benzene rings is 1. The van der Waals surface area contributed by atoms with Gasteiger partial charge in [0, 0.05) is 13.1 Å². The van der Waals surface area contributed by atoms with Crippen LogP contribution < -0.4 is 0 Å². The lowest BCUT2D eigenvalue weighted by Gasteiger charge is -2.35.